The molecule has 2 aliphatic rings. The Kier molecular flexibility index (Phi) is 9.49. The summed E-state index contributed by atoms with van der Waals surface area (Å²) in [4.78, 5) is 25.0. The molecule has 1 aromatic carbocycles. The predicted octanol–water partition coefficient (Wildman–Crippen LogP) is 2.78. The molecular formula is C27H39N5O4. The molecule has 196 valence electrons. The third kappa shape index (κ3) is 7.15. The highest BCUT2D eigenvalue weighted by Gasteiger charge is 2.23. The number of ether oxygens (including phenoxy) is 2. The highest BCUT2D eigenvalue weighted by Crippen LogP contribution is 2.28. The Morgan fingerprint density at radius 2 is 1.94 bits per heavy atom. The minimum atomic E-state index is -0.608. The van der Waals surface area contributed by atoms with Crippen LogP contribution in [0.2, 0.25) is 0 Å². The summed E-state index contributed by atoms with van der Waals surface area (Å²) >= 11 is 0. The van der Waals surface area contributed by atoms with Crippen LogP contribution in [-0.2, 0) is 4.74 Å². The van der Waals surface area contributed by atoms with Gasteiger partial charge in [-0.15, -0.1) is 0 Å². The molecule has 3 N–H and O–H groups in total. The van der Waals surface area contributed by atoms with Gasteiger partial charge in [0.05, 0.1) is 0 Å². The molecule has 2 fully saturated rings. The van der Waals surface area contributed by atoms with Gasteiger partial charge in [0.1, 0.15) is 30.0 Å². The number of nitrogens with one attached hydrogen (secondary N) is 2. The second-order valence-electron chi connectivity index (χ2n) is 9.75. The lowest BCUT2D eigenvalue weighted by Crippen LogP contribution is -2.39. The average molecular weight is 498 g/mol. The molecule has 1 amide bonds. The van der Waals surface area contributed by atoms with Crippen LogP contribution in [0.5, 0.6) is 5.75 Å². The van der Waals surface area contributed by atoms with Gasteiger partial charge in [-0.3, -0.25) is 4.79 Å². The van der Waals surface area contributed by atoms with Crippen molar-refractivity contribution in [2.24, 2.45) is 0 Å². The largest absolute Gasteiger partial charge is 0.491 e. The number of benzene rings is 1. The maximum absolute atomic E-state index is 13.2. The maximum Gasteiger partial charge on any atom is 0.270 e. The Morgan fingerprint density at radius 1 is 1.17 bits per heavy atom. The van der Waals surface area contributed by atoms with E-state index in [-0.39, 0.29) is 18.6 Å². The van der Waals surface area contributed by atoms with Crippen molar-refractivity contribution in [3.63, 3.8) is 0 Å². The molecule has 0 radical (unpaired) electrons. The molecule has 1 atom stereocenters. The number of aliphatic hydroxyl groups is 1. The van der Waals surface area contributed by atoms with Gasteiger partial charge in [-0.1, -0.05) is 31.4 Å². The summed E-state index contributed by atoms with van der Waals surface area (Å²) in [5, 5.41) is 16.0. The lowest BCUT2D eigenvalue weighted by atomic mass is 9.94. The van der Waals surface area contributed by atoms with Crippen LogP contribution in [0.25, 0.3) is 11.4 Å². The first kappa shape index (κ1) is 26.3. The number of aliphatic hydroxyl groups excluding tert-OH is 1. The Hall–Kier alpha value is -2.75. The van der Waals surface area contributed by atoms with Crippen molar-refractivity contribution in [2.45, 2.75) is 63.1 Å². The lowest BCUT2D eigenvalue weighted by molar-refractivity contribution is 0.0694. The molecule has 9 nitrogen and oxygen atoms in total. The van der Waals surface area contributed by atoms with Crippen LogP contribution in [0, 0.1) is 0 Å². The van der Waals surface area contributed by atoms with E-state index in [1.165, 1.54) is 19.3 Å². The van der Waals surface area contributed by atoms with Gasteiger partial charge >= 0.3 is 0 Å². The van der Waals surface area contributed by atoms with E-state index >= 15 is 0 Å². The first-order valence-electron chi connectivity index (χ1n) is 13.1. The topological polar surface area (TPSA) is 109 Å². The predicted molar refractivity (Wildman–Crippen MR) is 139 cm³/mol. The van der Waals surface area contributed by atoms with Crippen LogP contribution in [0.1, 0.15) is 55.4 Å². The lowest BCUT2D eigenvalue weighted by Gasteiger charge is -2.32. The standard InChI is InChI=1S/C27H39N5O4/c1-28-17-22(33)18-36-23-10-6-7-19(15-23)26-30-24(27(34)29-20-11-13-35-14-12-20)16-25(31-26)32(2)21-8-4-3-5-9-21/h6-7,10,15-16,20-22,28,33H,3-5,8-9,11-14,17-18H2,1-2H3,(H,29,34). The number of likely N-dealkylation sites (N-methyl/N-ethyl adjacent to an activating group) is 1. The summed E-state index contributed by atoms with van der Waals surface area (Å²) in [5.74, 6) is 1.66. The number of amides is 1. The molecule has 1 aromatic heterocycles. The highest BCUT2D eigenvalue weighted by atomic mass is 16.5. The van der Waals surface area contributed by atoms with Gasteiger partial charge < -0.3 is 30.1 Å². The zero-order valence-electron chi connectivity index (χ0n) is 21.4. The molecule has 1 aliphatic carbocycles. The zero-order chi connectivity index (χ0) is 25.3. The molecule has 0 spiro atoms. The van der Waals surface area contributed by atoms with Crippen LogP contribution >= 0.6 is 0 Å². The Labute approximate surface area is 213 Å². The van der Waals surface area contributed by atoms with Crippen LogP contribution in [-0.4, -0.2) is 79.6 Å². The van der Waals surface area contributed by atoms with E-state index in [0.29, 0.717) is 43.1 Å². The van der Waals surface area contributed by atoms with Crippen LogP contribution < -0.4 is 20.3 Å². The normalized spacial score (nSPS) is 18.0. The second-order valence-corrected chi connectivity index (χ2v) is 9.75. The van der Waals surface area contributed by atoms with E-state index in [4.69, 9.17) is 14.5 Å². The molecule has 1 saturated carbocycles. The molecule has 0 bridgehead atoms. The summed E-state index contributed by atoms with van der Waals surface area (Å²) in [6.45, 7) is 1.94. The van der Waals surface area contributed by atoms with Crippen molar-refractivity contribution < 1.29 is 19.4 Å². The summed E-state index contributed by atoms with van der Waals surface area (Å²) < 4.78 is 11.2. The number of nitrogens with zero attached hydrogens (tertiary/aromatic N) is 3. The SMILES string of the molecule is CNCC(O)COc1cccc(-c2nc(C(=O)NC3CCOCC3)cc(N(C)C3CCCCC3)n2)c1. The molecule has 1 aliphatic heterocycles. The van der Waals surface area contributed by atoms with Crippen molar-refractivity contribution in [3.05, 3.63) is 36.0 Å². The maximum atomic E-state index is 13.2. The van der Waals surface area contributed by atoms with E-state index in [0.717, 1.165) is 37.1 Å². The Balaban J connectivity index is 1.60. The van der Waals surface area contributed by atoms with E-state index in [2.05, 4.69) is 27.6 Å². The van der Waals surface area contributed by atoms with Gasteiger partial charge in [-0.2, -0.15) is 0 Å². The van der Waals surface area contributed by atoms with Crippen molar-refractivity contribution >= 4 is 11.7 Å². The molecule has 1 unspecified atom stereocenters. The zero-order valence-corrected chi connectivity index (χ0v) is 21.4. The first-order chi connectivity index (χ1) is 17.5. The molecule has 4 rings (SSSR count). The van der Waals surface area contributed by atoms with Gasteiger partial charge in [0, 0.05) is 50.5 Å². The Morgan fingerprint density at radius 3 is 2.69 bits per heavy atom. The molecule has 36 heavy (non-hydrogen) atoms. The fourth-order valence-electron chi connectivity index (χ4n) is 4.83. The Bertz CT molecular complexity index is 992. The van der Waals surface area contributed by atoms with E-state index in [1.807, 2.05) is 24.3 Å². The number of anilines is 1. The minimum absolute atomic E-state index is 0.0879. The van der Waals surface area contributed by atoms with Gasteiger partial charge in [0.15, 0.2) is 5.82 Å². The van der Waals surface area contributed by atoms with Crippen molar-refractivity contribution in [3.8, 4) is 17.1 Å². The van der Waals surface area contributed by atoms with E-state index in [1.54, 1.807) is 13.1 Å². The third-order valence-electron chi connectivity index (χ3n) is 6.96. The van der Waals surface area contributed by atoms with Crippen LogP contribution in [0.15, 0.2) is 30.3 Å². The van der Waals surface area contributed by atoms with Gasteiger partial charge in [0.2, 0.25) is 0 Å². The molecule has 2 aromatic rings. The van der Waals surface area contributed by atoms with Crippen LogP contribution in [0.4, 0.5) is 5.82 Å². The van der Waals surface area contributed by atoms with E-state index < -0.39 is 6.10 Å². The van der Waals surface area contributed by atoms with Gasteiger partial charge in [0.25, 0.3) is 5.91 Å². The summed E-state index contributed by atoms with van der Waals surface area (Å²) in [7, 11) is 3.85. The summed E-state index contributed by atoms with van der Waals surface area (Å²) in [6.07, 6.45) is 6.94. The summed E-state index contributed by atoms with van der Waals surface area (Å²) in [5.41, 5.74) is 1.12. The first-order valence-corrected chi connectivity index (χ1v) is 13.1. The number of carbonyl (C=O) groups excluding carboxylic acids is 1. The number of aromatic nitrogens is 2. The molecular weight excluding hydrogens is 458 g/mol. The molecule has 9 heteroatoms. The fourth-order valence-corrected chi connectivity index (χ4v) is 4.83. The minimum Gasteiger partial charge on any atom is -0.491 e. The van der Waals surface area contributed by atoms with Crippen LogP contribution in [0.3, 0.4) is 0 Å². The third-order valence-corrected chi connectivity index (χ3v) is 6.96. The molecule has 2 heterocycles. The van der Waals surface area contributed by atoms with Crippen molar-refractivity contribution in [1.29, 1.82) is 0 Å². The number of carbonyl (C=O) groups is 1. The monoisotopic (exact) mass is 497 g/mol. The fraction of sp³-hybridized carbons (Fsp3) is 0.593. The molecule has 1 saturated heterocycles. The van der Waals surface area contributed by atoms with Gasteiger partial charge in [-0.25, -0.2) is 9.97 Å². The van der Waals surface area contributed by atoms with E-state index in [9.17, 15) is 9.90 Å². The van der Waals surface area contributed by atoms with Crippen molar-refractivity contribution in [1.82, 2.24) is 20.6 Å². The summed E-state index contributed by atoms with van der Waals surface area (Å²) in [6, 6.07) is 9.77. The average Bonchev–Trinajstić information content (AvgIpc) is 2.92. The number of hydrogen-bond acceptors (Lipinski definition) is 8. The smallest absolute Gasteiger partial charge is 0.270 e. The number of hydrogen-bond donors (Lipinski definition) is 3. The van der Waals surface area contributed by atoms with Gasteiger partial charge in [-0.05, 0) is 44.9 Å². The van der Waals surface area contributed by atoms with Crippen molar-refractivity contribution in [2.75, 3.05) is 45.4 Å². The number of rotatable bonds is 10. The second kappa shape index (κ2) is 13.0. The highest BCUT2D eigenvalue weighted by molar-refractivity contribution is 5.93. The quantitative estimate of drug-likeness (QED) is 0.460.